The molecule has 232 valence electrons. The molecule has 2 aromatic heterocycles. The third kappa shape index (κ3) is 6.53. The fourth-order valence-corrected chi connectivity index (χ4v) is 5.93. The summed E-state index contributed by atoms with van der Waals surface area (Å²) >= 11 is 0. The Morgan fingerprint density at radius 3 is 0.918 bits per heavy atom. The lowest BCUT2D eigenvalue weighted by Gasteiger charge is -2.10. The molecule has 2 heterocycles. The van der Waals surface area contributed by atoms with Crippen LogP contribution in [0.25, 0.3) is 78.8 Å². The van der Waals surface area contributed by atoms with E-state index in [-0.39, 0.29) is 0 Å². The van der Waals surface area contributed by atoms with Gasteiger partial charge in [0.2, 0.25) is 0 Å². The molecule has 0 aliphatic carbocycles. The van der Waals surface area contributed by atoms with Crippen LogP contribution in [0.15, 0.2) is 176 Å². The molecule has 0 N–H and O–H groups in total. The molecule has 4 heteroatoms. The molecule has 4 nitrogen and oxygen atoms in total. The smallest absolute Gasteiger partial charge is 0.164 e. The first-order valence-electron chi connectivity index (χ1n) is 16.4. The molecule has 0 saturated heterocycles. The van der Waals surface area contributed by atoms with Crippen LogP contribution < -0.4 is 0 Å². The number of aromatic nitrogens is 4. The van der Waals surface area contributed by atoms with E-state index in [0.29, 0.717) is 17.5 Å². The number of pyridine rings is 1. The lowest BCUT2D eigenvalue weighted by Crippen LogP contribution is -2.00. The summed E-state index contributed by atoms with van der Waals surface area (Å²) in [5.74, 6) is 1.90. The van der Waals surface area contributed by atoms with Gasteiger partial charge in [-0.15, -0.1) is 0 Å². The Morgan fingerprint density at radius 1 is 0.286 bits per heavy atom. The predicted molar refractivity (Wildman–Crippen MR) is 200 cm³/mol. The minimum atomic E-state index is 0.631. The molecule has 0 amide bonds. The van der Waals surface area contributed by atoms with Gasteiger partial charge in [-0.1, -0.05) is 164 Å². The molecule has 0 saturated carbocycles. The van der Waals surface area contributed by atoms with Crippen LogP contribution in [0, 0.1) is 6.92 Å². The van der Waals surface area contributed by atoms with Crippen LogP contribution in [0.3, 0.4) is 0 Å². The van der Waals surface area contributed by atoms with Crippen LogP contribution in [-0.2, 0) is 0 Å². The third-order valence-corrected chi connectivity index (χ3v) is 8.70. The molecule has 0 fully saturated rings. The zero-order valence-electron chi connectivity index (χ0n) is 27.0. The second kappa shape index (κ2) is 13.3. The Balaban J connectivity index is 1.13. The third-order valence-electron chi connectivity index (χ3n) is 8.70. The summed E-state index contributed by atoms with van der Waals surface area (Å²) in [5.41, 5.74) is 12.9. The van der Waals surface area contributed by atoms with Crippen molar-refractivity contribution in [2.24, 2.45) is 0 Å². The van der Waals surface area contributed by atoms with Gasteiger partial charge in [-0.3, -0.25) is 4.98 Å². The van der Waals surface area contributed by atoms with Crippen LogP contribution in [0.1, 0.15) is 5.56 Å². The fourth-order valence-electron chi connectivity index (χ4n) is 5.93. The summed E-state index contributed by atoms with van der Waals surface area (Å²) in [6.07, 6.45) is 1.90. The van der Waals surface area contributed by atoms with Crippen molar-refractivity contribution in [3.63, 3.8) is 0 Å². The molecule has 0 atom stereocenters. The van der Waals surface area contributed by atoms with Gasteiger partial charge in [0, 0.05) is 28.5 Å². The molecule has 0 unspecified atom stereocenters. The zero-order valence-corrected chi connectivity index (χ0v) is 27.0. The van der Waals surface area contributed by atoms with E-state index in [1.165, 1.54) is 11.1 Å². The molecule has 0 aliphatic rings. The van der Waals surface area contributed by atoms with Gasteiger partial charge in [0.15, 0.2) is 17.5 Å². The van der Waals surface area contributed by atoms with E-state index in [1.807, 2.05) is 18.3 Å². The van der Waals surface area contributed by atoms with Crippen LogP contribution in [-0.4, -0.2) is 19.9 Å². The number of aryl methyl sites for hydroxylation is 1. The number of nitrogens with zero attached hydrogens (tertiary/aromatic N) is 4. The Bertz CT molecular complexity index is 2210. The lowest BCUT2D eigenvalue weighted by atomic mass is 10.0. The largest absolute Gasteiger partial charge is 0.256 e. The normalized spacial score (nSPS) is 11.0. The fraction of sp³-hybridized carbons (Fsp3) is 0.0222. The summed E-state index contributed by atoms with van der Waals surface area (Å²) in [5, 5.41) is 0. The van der Waals surface area contributed by atoms with Gasteiger partial charge < -0.3 is 0 Å². The average Bonchev–Trinajstić information content (AvgIpc) is 3.19. The quantitative estimate of drug-likeness (QED) is 0.176. The number of hydrogen-bond acceptors (Lipinski definition) is 4. The van der Waals surface area contributed by atoms with Gasteiger partial charge in [-0.2, -0.15) is 0 Å². The molecule has 0 radical (unpaired) electrons. The number of benzene rings is 6. The second-order valence-electron chi connectivity index (χ2n) is 12.1. The molecule has 0 bridgehead atoms. The van der Waals surface area contributed by atoms with Crippen LogP contribution in [0.4, 0.5) is 0 Å². The van der Waals surface area contributed by atoms with Crippen molar-refractivity contribution in [1.82, 2.24) is 19.9 Å². The molecule has 0 aliphatic heterocycles. The summed E-state index contributed by atoms with van der Waals surface area (Å²) in [6, 6.07) is 58.7. The molecular formula is C45H32N4. The maximum atomic E-state index is 4.99. The molecule has 8 aromatic rings. The van der Waals surface area contributed by atoms with E-state index in [1.54, 1.807) is 0 Å². The SMILES string of the molecule is Cc1ccc(-c2ccc(-c3ccc(-c4nc(-c5ccc(-c6ccccc6)cc5)nc(-c5ccc(-c6ccccc6)cc5)n4)cc3)cc2)nc1. The Hall–Kier alpha value is -6.52. The van der Waals surface area contributed by atoms with Gasteiger partial charge in [0.25, 0.3) is 0 Å². The zero-order chi connectivity index (χ0) is 33.0. The van der Waals surface area contributed by atoms with Crippen molar-refractivity contribution in [1.29, 1.82) is 0 Å². The first kappa shape index (κ1) is 29.9. The van der Waals surface area contributed by atoms with Crippen LogP contribution >= 0.6 is 0 Å². The van der Waals surface area contributed by atoms with Crippen LogP contribution in [0.2, 0.25) is 0 Å². The number of hydrogen-bond donors (Lipinski definition) is 0. The summed E-state index contributed by atoms with van der Waals surface area (Å²) < 4.78 is 0. The molecular weight excluding hydrogens is 597 g/mol. The summed E-state index contributed by atoms with van der Waals surface area (Å²) in [6.45, 7) is 2.05. The van der Waals surface area contributed by atoms with E-state index < -0.39 is 0 Å². The standard InChI is InChI=1S/C45H32N4/c1-31-12-29-42(46-30-31)38-21-13-36(14-22-38)37-19-27-41(28-20-37)45-48-43(39-23-15-34(16-24-39)32-8-4-2-5-9-32)47-44(49-45)40-25-17-35(18-26-40)33-10-6-3-7-11-33/h2-30H,1H3. The summed E-state index contributed by atoms with van der Waals surface area (Å²) in [4.78, 5) is 19.5. The van der Waals surface area contributed by atoms with Gasteiger partial charge in [-0.05, 0) is 51.9 Å². The van der Waals surface area contributed by atoms with E-state index in [2.05, 4.69) is 170 Å². The van der Waals surface area contributed by atoms with Gasteiger partial charge >= 0.3 is 0 Å². The van der Waals surface area contributed by atoms with E-state index in [0.717, 1.165) is 55.8 Å². The topological polar surface area (TPSA) is 51.6 Å². The van der Waals surface area contributed by atoms with Gasteiger partial charge in [0.1, 0.15) is 0 Å². The highest BCUT2D eigenvalue weighted by Crippen LogP contribution is 2.30. The molecule has 0 spiro atoms. The minimum absolute atomic E-state index is 0.631. The van der Waals surface area contributed by atoms with Crippen LogP contribution in [0.5, 0.6) is 0 Å². The van der Waals surface area contributed by atoms with Crippen molar-refractivity contribution in [3.8, 4) is 78.8 Å². The second-order valence-corrected chi connectivity index (χ2v) is 12.1. The first-order valence-corrected chi connectivity index (χ1v) is 16.4. The van der Waals surface area contributed by atoms with E-state index in [9.17, 15) is 0 Å². The van der Waals surface area contributed by atoms with Gasteiger partial charge in [-0.25, -0.2) is 15.0 Å². The minimum Gasteiger partial charge on any atom is -0.256 e. The van der Waals surface area contributed by atoms with Crippen molar-refractivity contribution >= 4 is 0 Å². The summed E-state index contributed by atoms with van der Waals surface area (Å²) in [7, 11) is 0. The maximum Gasteiger partial charge on any atom is 0.164 e. The van der Waals surface area contributed by atoms with Crippen molar-refractivity contribution in [2.45, 2.75) is 6.92 Å². The Kier molecular flexibility index (Phi) is 8.11. The average molecular weight is 629 g/mol. The van der Waals surface area contributed by atoms with Crippen molar-refractivity contribution in [3.05, 3.63) is 182 Å². The van der Waals surface area contributed by atoms with Gasteiger partial charge in [0.05, 0.1) is 5.69 Å². The monoisotopic (exact) mass is 628 g/mol. The maximum absolute atomic E-state index is 4.99. The van der Waals surface area contributed by atoms with Crippen molar-refractivity contribution < 1.29 is 0 Å². The highest BCUT2D eigenvalue weighted by atomic mass is 15.0. The van der Waals surface area contributed by atoms with E-state index >= 15 is 0 Å². The molecule has 49 heavy (non-hydrogen) atoms. The predicted octanol–water partition coefficient (Wildman–Crippen LogP) is 11.2. The van der Waals surface area contributed by atoms with E-state index in [4.69, 9.17) is 15.0 Å². The number of rotatable bonds is 7. The first-order chi connectivity index (χ1) is 24.2. The lowest BCUT2D eigenvalue weighted by molar-refractivity contribution is 1.07. The Labute approximate surface area is 286 Å². The van der Waals surface area contributed by atoms with Crippen molar-refractivity contribution in [2.75, 3.05) is 0 Å². The highest BCUT2D eigenvalue weighted by molar-refractivity contribution is 5.74. The molecule has 8 rings (SSSR count). The molecule has 6 aromatic carbocycles. The highest BCUT2D eigenvalue weighted by Gasteiger charge is 2.13. The Morgan fingerprint density at radius 2 is 0.592 bits per heavy atom.